The lowest BCUT2D eigenvalue weighted by atomic mass is 10.1. The Bertz CT molecular complexity index is 74.0. The molecule has 0 spiro atoms. The van der Waals surface area contributed by atoms with Gasteiger partial charge in [-0.2, -0.15) is 11.1 Å². The molecule has 1 radical (unpaired) electrons. The zero-order chi connectivity index (χ0) is 8.53. The second kappa shape index (κ2) is 8.60. The molecule has 0 fully saturated rings. The average Bonchev–Trinajstić information content (AvgIpc) is 1.96. The molecule has 0 heterocycles. The fraction of sp³-hybridized carbons (Fsp3) is 1.00. The summed E-state index contributed by atoms with van der Waals surface area (Å²) in [4.78, 5) is 0. The molecule has 0 aliphatic heterocycles. The van der Waals surface area contributed by atoms with Crippen LogP contribution in [0.5, 0.6) is 0 Å². The van der Waals surface area contributed by atoms with Crippen molar-refractivity contribution in [3.05, 3.63) is 0 Å². The van der Waals surface area contributed by atoms with E-state index in [9.17, 15) is 0 Å². The van der Waals surface area contributed by atoms with Crippen molar-refractivity contribution in [1.82, 2.24) is 0 Å². The van der Waals surface area contributed by atoms with Crippen LogP contribution < -0.4 is 0 Å². The summed E-state index contributed by atoms with van der Waals surface area (Å²) in [6.45, 7) is 4.43. The van der Waals surface area contributed by atoms with Gasteiger partial charge < -0.3 is 0 Å². The largest absolute Gasteiger partial charge is 0.169 e. The number of rotatable bonds is 7. The standard InChI is InChI=1S/C9H20ClSi/c1-3-4-5-6-7-8-9-11(2)10/h3-9H2,1-2H3. The minimum Gasteiger partial charge on any atom is -0.169 e. The molecule has 2 heteroatoms. The van der Waals surface area contributed by atoms with E-state index in [2.05, 4.69) is 13.5 Å². The Kier molecular flexibility index (Phi) is 9.00. The van der Waals surface area contributed by atoms with Gasteiger partial charge in [0, 0.05) is 0 Å². The maximum Gasteiger partial charge on any atom is 0.162 e. The number of hydrogen-bond acceptors (Lipinski definition) is 0. The number of unbranched alkanes of at least 4 members (excludes halogenated alkanes) is 5. The lowest BCUT2D eigenvalue weighted by Crippen LogP contribution is -1.94. The molecule has 0 bridgehead atoms. The van der Waals surface area contributed by atoms with Crippen molar-refractivity contribution in [3.63, 3.8) is 0 Å². The molecule has 0 atom stereocenters. The van der Waals surface area contributed by atoms with Crippen LogP contribution in [-0.4, -0.2) is 8.11 Å². The van der Waals surface area contributed by atoms with E-state index >= 15 is 0 Å². The van der Waals surface area contributed by atoms with Gasteiger partial charge in [-0.25, -0.2) is 0 Å². The summed E-state index contributed by atoms with van der Waals surface area (Å²) >= 11 is 5.92. The van der Waals surface area contributed by atoms with Gasteiger partial charge in [-0.15, -0.1) is 0 Å². The number of halogens is 1. The van der Waals surface area contributed by atoms with Crippen LogP contribution in [0, 0.1) is 0 Å². The molecule has 0 aliphatic carbocycles. The van der Waals surface area contributed by atoms with E-state index in [1.807, 2.05) is 0 Å². The highest BCUT2D eigenvalue weighted by molar-refractivity contribution is 7.06. The van der Waals surface area contributed by atoms with Crippen LogP contribution in [0.1, 0.15) is 45.4 Å². The highest BCUT2D eigenvalue weighted by atomic mass is 35.6. The smallest absolute Gasteiger partial charge is 0.162 e. The van der Waals surface area contributed by atoms with Crippen LogP contribution >= 0.6 is 11.1 Å². The second-order valence-corrected chi connectivity index (χ2v) is 6.98. The zero-order valence-electron chi connectivity index (χ0n) is 7.83. The molecule has 0 unspecified atom stereocenters. The van der Waals surface area contributed by atoms with Crippen molar-refractivity contribution in [1.29, 1.82) is 0 Å². The SMILES string of the molecule is CCCCCCCC[Si](C)Cl. The predicted octanol–water partition coefficient (Wildman–Crippen LogP) is 4.21. The second-order valence-electron chi connectivity index (χ2n) is 3.19. The lowest BCUT2D eigenvalue weighted by molar-refractivity contribution is 0.624. The molecule has 0 amide bonds. The topological polar surface area (TPSA) is 0 Å². The van der Waals surface area contributed by atoms with Gasteiger partial charge in [0.25, 0.3) is 0 Å². The summed E-state index contributed by atoms with van der Waals surface area (Å²) in [5.41, 5.74) is 0. The molecule has 0 N–H and O–H groups in total. The van der Waals surface area contributed by atoms with Crippen molar-refractivity contribution >= 4 is 19.2 Å². The molecule has 11 heavy (non-hydrogen) atoms. The van der Waals surface area contributed by atoms with Crippen molar-refractivity contribution in [2.75, 3.05) is 0 Å². The Hall–Kier alpha value is 0.507. The maximum atomic E-state index is 5.92. The first kappa shape index (κ1) is 11.5. The molecule has 0 rings (SSSR count). The van der Waals surface area contributed by atoms with Crippen LogP contribution in [0.15, 0.2) is 0 Å². The van der Waals surface area contributed by atoms with E-state index in [1.165, 1.54) is 44.6 Å². The third-order valence-electron chi connectivity index (χ3n) is 1.87. The van der Waals surface area contributed by atoms with E-state index in [0.717, 1.165) is 0 Å². The van der Waals surface area contributed by atoms with Crippen molar-refractivity contribution in [2.24, 2.45) is 0 Å². The first-order chi connectivity index (χ1) is 5.27. The maximum absolute atomic E-state index is 5.92. The van der Waals surface area contributed by atoms with Gasteiger partial charge in [0.2, 0.25) is 0 Å². The summed E-state index contributed by atoms with van der Waals surface area (Å²) in [7, 11) is -0.455. The average molecular weight is 192 g/mol. The molecule has 0 aromatic rings. The summed E-state index contributed by atoms with van der Waals surface area (Å²) in [5, 5.41) is 0. The molecular formula is C9H20ClSi. The Labute approximate surface area is 77.6 Å². The van der Waals surface area contributed by atoms with Crippen LogP contribution in [0.3, 0.4) is 0 Å². The van der Waals surface area contributed by atoms with Crippen LogP contribution in [0.25, 0.3) is 0 Å². The van der Waals surface area contributed by atoms with Crippen LogP contribution in [0.2, 0.25) is 12.6 Å². The molecular weight excluding hydrogens is 172 g/mol. The predicted molar refractivity (Wildman–Crippen MR) is 55.7 cm³/mol. The normalized spacial score (nSPS) is 10.9. The molecule has 0 nitrogen and oxygen atoms in total. The molecule has 0 aromatic heterocycles. The molecule has 0 saturated carbocycles. The number of hydrogen-bond donors (Lipinski definition) is 0. The minimum absolute atomic E-state index is 0.455. The van der Waals surface area contributed by atoms with E-state index in [1.54, 1.807) is 0 Å². The van der Waals surface area contributed by atoms with E-state index in [0.29, 0.717) is 0 Å². The summed E-state index contributed by atoms with van der Waals surface area (Å²) in [6, 6.07) is 1.29. The van der Waals surface area contributed by atoms with Gasteiger partial charge >= 0.3 is 0 Å². The van der Waals surface area contributed by atoms with Gasteiger partial charge in [-0.1, -0.05) is 52.0 Å². The van der Waals surface area contributed by atoms with Crippen molar-refractivity contribution < 1.29 is 0 Å². The van der Waals surface area contributed by atoms with Crippen molar-refractivity contribution in [2.45, 2.75) is 58.0 Å². The highest BCUT2D eigenvalue weighted by Gasteiger charge is 1.97. The van der Waals surface area contributed by atoms with Crippen molar-refractivity contribution in [3.8, 4) is 0 Å². The first-order valence-corrected chi connectivity index (χ1v) is 7.97. The van der Waals surface area contributed by atoms with E-state index in [-0.39, 0.29) is 0 Å². The van der Waals surface area contributed by atoms with Crippen LogP contribution in [0.4, 0.5) is 0 Å². The summed E-state index contributed by atoms with van der Waals surface area (Å²) in [5.74, 6) is 0. The Balaban J connectivity index is 2.80. The van der Waals surface area contributed by atoms with E-state index in [4.69, 9.17) is 11.1 Å². The first-order valence-electron chi connectivity index (χ1n) is 4.75. The molecule has 67 valence electrons. The molecule has 0 aromatic carbocycles. The third-order valence-corrected chi connectivity index (χ3v) is 3.48. The highest BCUT2D eigenvalue weighted by Crippen LogP contribution is 2.09. The summed E-state index contributed by atoms with van der Waals surface area (Å²) in [6.07, 6.45) is 8.35. The van der Waals surface area contributed by atoms with E-state index < -0.39 is 8.11 Å². The fourth-order valence-corrected chi connectivity index (χ4v) is 2.29. The summed E-state index contributed by atoms with van der Waals surface area (Å²) < 4.78 is 0. The Morgan fingerprint density at radius 3 is 2.09 bits per heavy atom. The van der Waals surface area contributed by atoms with Gasteiger partial charge in [0.1, 0.15) is 0 Å². The minimum atomic E-state index is -0.455. The van der Waals surface area contributed by atoms with Crippen LogP contribution in [-0.2, 0) is 0 Å². The lowest BCUT2D eigenvalue weighted by Gasteiger charge is -2.00. The molecule has 0 aliphatic rings. The molecule has 0 saturated heterocycles. The van der Waals surface area contributed by atoms with Gasteiger partial charge in [0.15, 0.2) is 8.11 Å². The Morgan fingerprint density at radius 1 is 1.00 bits per heavy atom. The van der Waals surface area contributed by atoms with Gasteiger partial charge in [0.05, 0.1) is 0 Å². The Morgan fingerprint density at radius 2 is 1.55 bits per heavy atom. The fourth-order valence-electron chi connectivity index (χ4n) is 1.15. The quantitative estimate of drug-likeness (QED) is 0.321. The monoisotopic (exact) mass is 191 g/mol. The third kappa shape index (κ3) is 10.5. The van der Waals surface area contributed by atoms with Gasteiger partial charge in [-0.05, 0) is 6.04 Å². The van der Waals surface area contributed by atoms with Gasteiger partial charge in [-0.3, -0.25) is 0 Å². The zero-order valence-corrected chi connectivity index (χ0v) is 9.58.